The molecular weight excluding hydrogens is 248 g/mol. The van der Waals surface area contributed by atoms with Crippen molar-refractivity contribution < 1.29 is 4.42 Å². The summed E-state index contributed by atoms with van der Waals surface area (Å²) in [7, 11) is 0. The maximum Gasteiger partial charge on any atom is 0.122 e. The number of hydrogen-bond donors (Lipinski definition) is 1. The van der Waals surface area contributed by atoms with Crippen LogP contribution in [-0.4, -0.2) is 24.5 Å². The fourth-order valence-corrected chi connectivity index (χ4v) is 2.35. The predicted octanol–water partition coefficient (Wildman–Crippen LogP) is 3.98. The third-order valence-corrected chi connectivity index (χ3v) is 3.74. The molecule has 0 aromatic carbocycles. The molecule has 2 N–H and O–H groups in total. The summed E-state index contributed by atoms with van der Waals surface area (Å²) >= 11 is 0. The van der Waals surface area contributed by atoms with Crippen molar-refractivity contribution in [2.45, 2.75) is 53.5 Å². The van der Waals surface area contributed by atoms with Crippen molar-refractivity contribution in [3.05, 3.63) is 23.7 Å². The van der Waals surface area contributed by atoms with E-state index >= 15 is 0 Å². The van der Waals surface area contributed by atoms with Gasteiger partial charge in [-0.25, -0.2) is 0 Å². The molecule has 1 unspecified atom stereocenters. The van der Waals surface area contributed by atoms with Crippen molar-refractivity contribution in [1.29, 1.82) is 0 Å². The molecule has 0 aliphatic rings. The third-order valence-electron chi connectivity index (χ3n) is 3.74. The number of hydrogen-bond acceptors (Lipinski definition) is 3. The van der Waals surface area contributed by atoms with Crippen LogP contribution in [0.5, 0.6) is 0 Å². The molecule has 20 heavy (non-hydrogen) atoms. The second-order valence-corrected chi connectivity index (χ2v) is 6.60. The molecule has 0 aliphatic heterocycles. The van der Waals surface area contributed by atoms with Gasteiger partial charge in [0.2, 0.25) is 0 Å². The van der Waals surface area contributed by atoms with Gasteiger partial charge in [0, 0.05) is 6.54 Å². The Kier molecular flexibility index (Phi) is 7.31. The van der Waals surface area contributed by atoms with E-state index in [1.54, 1.807) is 0 Å². The zero-order valence-electron chi connectivity index (χ0n) is 13.9. The standard InChI is InChI=1S/C17H32N2O/c1-13(2)8-10-19(11-9-14(3)4)16(12-18)17-7-6-15(5)20-17/h6-7,13-14,16H,8-12,18H2,1-5H3. The molecule has 0 bridgehead atoms. The molecule has 0 saturated heterocycles. The molecule has 0 radical (unpaired) electrons. The van der Waals surface area contributed by atoms with E-state index in [0.29, 0.717) is 18.4 Å². The van der Waals surface area contributed by atoms with Crippen LogP contribution in [-0.2, 0) is 0 Å². The summed E-state index contributed by atoms with van der Waals surface area (Å²) in [5.41, 5.74) is 6.03. The highest BCUT2D eigenvalue weighted by Crippen LogP contribution is 2.23. The lowest BCUT2D eigenvalue weighted by atomic mass is 10.1. The van der Waals surface area contributed by atoms with E-state index in [4.69, 9.17) is 10.2 Å². The molecule has 0 saturated carbocycles. The Morgan fingerprint density at radius 1 is 1.05 bits per heavy atom. The van der Waals surface area contributed by atoms with Crippen LogP contribution in [0.2, 0.25) is 0 Å². The normalized spacial score (nSPS) is 13.7. The number of rotatable bonds is 9. The Morgan fingerprint density at radius 2 is 1.60 bits per heavy atom. The Labute approximate surface area is 124 Å². The monoisotopic (exact) mass is 280 g/mol. The van der Waals surface area contributed by atoms with Crippen molar-refractivity contribution in [3.63, 3.8) is 0 Å². The second-order valence-electron chi connectivity index (χ2n) is 6.60. The van der Waals surface area contributed by atoms with Gasteiger partial charge in [-0.15, -0.1) is 0 Å². The summed E-state index contributed by atoms with van der Waals surface area (Å²) in [5.74, 6) is 3.41. The van der Waals surface area contributed by atoms with Crippen LogP contribution in [0.4, 0.5) is 0 Å². The molecular formula is C17H32N2O. The Bertz CT molecular complexity index is 359. The van der Waals surface area contributed by atoms with Crippen LogP contribution in [0.15, 0.2) is 16.5 Å². The third kappa shape index (κ3) is 5.68. The zero-order chi connectivity index (χ0) is 15.1. The molecule has 0 amide bonds. The van der Waals surface area contributed by atoms with Crippen molar-refractivity contribution in [2.75, 3.05) is 19.6 Å². The summed E-state index contributed by atoms with van der Waals surface area (Å²) < 4.78 is 5.81. The highest BCUT2D eigenvalue weighted by atomic mass is 16.3. The second kappa shape index (κ2) is 8.48. The van der Waals surface area contributed by atoms with E-state index in [2.05, 4.69) is 38.7 Å². The predicted molar refractivity (Wildman–Crippen MR) is 85.7 cm³/mol. The highest BCUT2D eigenvalue weighted by Gasteiger charge is 2.22. The van der Waals surface area contributed by atoms with E-state index in [1.807, 2.05) is 13.0 Å². The minimum absolute atomic E-state index is 0.209. The Hall–Kier alpha value is -0.800. The van der Waals surface area contributed by atoms with Gasteiger partial charge in [-0.1, -0.05) is 27.7 Å². The van der Waals surface area contributed by atoms with Crippen LogP contribution in [0.3, 0.4) is 0 Å². The van der Waals surface area contributed by atoms with Gasteiger partial charge in [-0.05, 0) is 56.8 Å². The zero-order valence-corrected chi connectivity index (χ0v) is 13.9. The summed E-state index contributed by atoms with van der Waals surface area (Å²) in [6, 6.07) is 4.31. The first-order valence-electron chi connectivity index (χ1n) is 7.94. The van der Waals surface area contributed by atoms with Gasteiger partial charge in [0.1, 0.15) is 11.5 Å². The molecule has 1 aromatic heterocycles. The van der Waals surface area contributed by atoms with Gasteiger partial charge in [0.25, 0.3) is 0 Å². The molecule has 1 rings (SSSR count). The van der Waals surface area contributed by atoms with Gasteiger partial charge in [0.15, 0.2) is 0 Å². The quantitative estimate of drug-likeness (QED) is 0.744. The lowest BCUT2D eigenvalue weighted by molar-refractivity contribution is 0.161. The smallest absolute Gasteiger partial charge is 0.122 e. The van der Waals surface area contributed by atoms with E-state index < -0.39 is 0 Å². The summed E-state index contributed by atoms with van der Waals surface area (Å²) in [4.78, 5) is 2.50. The Morgan fingerprint density at radius 3 is 1.95 bits per heavy atom. The van der Waals surface area contributed by atoms with Gasteiger partial charge < -0.3 is 10.2 Å². The van der Waals surface area contributed by atoms with Gasteiger partial charge >= 0.3 is 0 Å². The number of aryl methyl sites for hydroxylation is 1. The van der Waals surface area contributed by atoms with E-state index in [-0.39, 0.29) is 6.04 Å². The average Bonchev–Trinajstić information content (AvgIpc) is 2.78. The SMILES string of the molecule is Cc1ccc(C(CN)N(CCC(C)C)CCC(C)C)o1. The lowest BCUT2D eigenvalue weighted by Crippen LogP contribution is -2.36. The summed E-state index contributed by atoms with van der Waals surface area (Å²) in [5, 5.41) is 0. The summed E-state index contributed by atoms with van der Waals surface area (Å²) in [6.07, 6.45) is 2.41. The van der Waals surface area contributed by atoms with Gasteiger partial charge in [0.05, 0.1) is 6.04 Å². The van der Waals surface area contributed by atoms with Crippen LogP contribution in [0.25, 0.3) is 0 Å². The molecule has 0 spiro atoms. The molecule has 1 heterocycles. The first-order chi connectivity index (χ1) is 9.43. The molecule has 116 valence electrons. The van der Waals surface area contributed by atoms with Crippen LogP contribution in [0.1, 0.15) is 58.1 Å². The first-order valence-corrected chi connectivity index (χ1v) is 7.94. The number of nitrogens with two attached hydrogens (primary N) is 1. The minimum Gasteiger partial charge on any atom is -0.465 e. The van der Waals surface area contributed by atoms with E-state index in [1.165, 1.54) is 12.8 Å². The average molecular weight is 280 g/mol. The number of nitrogens with zero attached hydrogens (tertiary/aromatic N) is 1. The molecule has 3 heteroatoms. The summed E-state index contributed by atoms with van der Waals surface area (Å²) in [6.45, 7) is 13.9. The molecule has 0 aliphatic carbocycles. The topological polar surface area (TPSA) is 42.4 Å². The molecule has 1 atom stereocenters. The van der Waals surface area contributed by atoms with Crippen LogP contribution < -0.4 is 5.73 Å². The minimum atomic E-state index is 0.209. The van der Waals surface area contributed by atoms with Crippen LogP contribution >= 0.6 is 0 Å². The van der Waals surface area contributed by atoms with Crippen LogP contribution in [0, 0.1) is 18.8 Å². The fourth-order valence-electron chi connectivity index (χ4n) is 2.35. The van der Waals surface area contributed by atoms with Crippen molar-refractivity contribution in [1.82, 2.24) is 4.90 Å². The maximum atomic E-state index is 6.03. The largest absolute Gasteiger partial charge is 0.465 e. The number of furan rings is 1. The van der Waals surface area contributed by atoms with Crippen molar-refractivity contribution >= 4 is 0 Å². The first kappa shape index (κ1) is 17.3. The fraction of sp³-hybridized carbons (Fsp3) is 0.765. The maximum absolute atomic E-state index is 6.03. The highest BCUT2D eigenvalue weighted by molar-refractivity contribution is 5.10. The Balaban J connectivity index is 2.75. The van der Waals surface area contributed by atoms with Gasteiger partial charge in [-0.3, -0.25) is 4.90 Å². The molecule has 0 fully saturated rings. The lowest BCUT2D eigenvalue weighted by Gasteiger charge is -2.30. The molecule has 3 nitrogen and oxygen atoms in total. The van der Waals surface area contributed by atoms with Crippen molar-refractivity contribution in [3.8, 4) is 0 Å². The molecule has 1 aromatic rings. The van der Waals surface area contributed by atoms with Crippen molar-refractivity contribution in [2.24, 2.45) is 17.6 Å². The van der Waals surface area contributed by atoms with E-state index in [9.17, 15) is 0 Å². The van der Waals surface area contributed by atoms with E-state index in [0.717, 1.165) is 24.6 Å². The van der Waals surface area contributed by atoms with Gasteiger partial charge in [-0.2, -0.15) is 0 Å².